The molecule has 1 aliphatic heterocycles. The first-order valence-corrected chi connectivity index (χ1v) is 10.8. The molecule has 0 unspecified atom stereocenters. The molecule has 150 valence electrons. The van der Waals surface area contributed by atoms with Crippen molar-refractivity contribution in [3.05, 3.63) is 59.7 Å². The molecule has 6 nitrogen and oxygen atoms in total. The summed E-state index contributed by atoms with van der Waals surface area (Å²) in [5.74, 6) is 0.946. The molecule has 0 spiro atoms. The van der Waals surface area contributed by atoms with Gasteiger partial charge >= 0.3 is 0 Å². The summed E-state index contributed by atoms with van der Waals surface area (Å²) in [6.45, 7) is 5.46. The van der Waals surface area contributed by atoms with Gasteiger partial charge in [0.15, 0.2) is 0 Å². The summed E-state index contributed by atoms with van der Waals surface area (Å²) in [7, 11) is -1.97. The zero-order chi connectivity index (χ0) is 20.3. The topological polar surface area (TPSA) is 66.9 Å². The Morgan fingerprint density at radius 1 is 0.929 bits per heavy atom. The van der Waals surface area contributed by atoms with Crippen LogP contribution in [0.5, 0.6) is 5.75 Å². The number of amides is 1. The van der Waals surface area contributed by atoms with Gasteiger partial charge in [0.1, 0.15) is 5.75 Å². The number of rotatable bonds is 5. The molecule has 0 saturated carbocycles. The number of ether oxygens (including phenoxy) is 1. The standard InChI is InChI=1S/C21H26N2O4S/c1-16(2)17-6-10-20(11-7-17)28(25,26)23-14-12-22(13-15-23)21(24)18-4-8-19(27-3)9-5-18/h4-11,16H,12-15H2,1-3H3. The lowest BCUT2D eigenvalue weighted by molar-refractivity contribution is 0.0698. The molecule has 0 atom stereocenters. The molecule has 0 aromatic heterocycles. The van der Waals surface area contributed by atoms with Gasteiger partial charge in [-0.1, -0.05) is 26.0 Å². The van der Waals surface area contributed by atoms with Gasteiger partial charge in [-0.3, -0.25) is 4.79 Å². The van der Waals surface area contributed by atoms with Gasteiger partial charge < -0.3 is 9.64 Å². The van der Waals surface area contributed by atoms with Crippen molar-refractivity contribution in [1.29, 1.82) is 0 Å². The Bertz CT molecular complexity index is 914. The van der Waals surface area contributed by atoms with E-state index in [-0.39, 0.29) is 19.0 Å². The van der Waals surface area contributed by atoms with Crippen molar-refractivity contribution in [3.8, 4) is 5.75 Å². The average molecular weight is 403 g/mol. The van der Waals surface area contributed by atoms with Gasteiger partial charge in [-0.05, 0) is 47.9 Å². The Hall–Kier alpha value is -2.38. The van der Waals surface area contributed by atoms with Gasteiger partial charge in [-0.15, -0.1) is 0 Å². The van der Waals surface area contributed by atoms with Crippen LogP contribution in [0.15, 0.2) is 53.4 Å². The van der Waals surface area contributed by atoms with Gasteiger partial charge in [0.2, 0.25) is 10.0 Å². The van der Waals surface area contributed by atoms with Crippen LogP contribution in [0.3, 0.4) is 0 Å². The predicted octanol–water partition coefficient (Wildman–Crippen LogP) is 2.97. The maximum atomic E-state index is 12.9. The van der Waals surface area contributed by atoms with E-state index in [2.05, 4.69) is 13.8 Å². The number of methoxy groups -OCH3 is 1. The zero-order valence-corrected chi connectivity index (χ0v) is 17.3. The number of nitrogens with zero attached hydrogens (tertiary/aromatic N) is 2. The second-order valence-corrected chi connectivity index (χ2v) is 9.09. The van der Waals surface area contributed by atoms with Gasteiger partial charge in [-0.25, -0.2) is 8.42 Å². The summed E-state index contributed by atoms with van der Waals surface area (Å²) in [4.78, 5) is 14.6. The van der Waals surface area contributed by atoms with Crippen molar-refractivity contribution in [2.45, 2.75) is 24.7 Å². The van der Waals surface area contributed by atoms with E-state index in [1.165, 1.54) is 4.31 Å². The van der Waals surface area contributed by atoms with Crippen LogP contribution in [0.1, 0.15) is 35.7 Å². The first kappa shape index (κ1) is 20.4. The Morgan fingerprint density at radius 3 is 2.00 bits per heavy atom. The third kappa shape index (κ3) is 4.20. The van der Waals surface area contributed by atoms with Crippen molar-refractivity contribution in [1.82, 2.24) is 9.21 Å². The fourth-order valence-corrected chi connectivity index (χ4v) is 4.64. The normalized spacial score (nSPS) is 15.6. The first-order chi connectivity index (χ1) is 13.3. The number of sulfonamides is 1. The van der Waals surface area contributed by atoms with Crippen LogP contribution in [-0.2, 0) is 10.0 Å². The number of carbonyl (C=O) groups excluding carboxylic acids is 1. The van der Waals surface area contributed by atoms with E-state index < -0.39 is 10.0 Å². The molecular formula is C21H26N2O4S. The van der Waals surface area contributed by atoms with Crippen LogP contribution in [0.2, 0.25) is 0 Å². The smallest absolute Gasteiger partial charge is 0.253 e. The lowest BCUT2D eigenvalue weighted by Crippen LogP contribution is -2.50. The Morgan fingerprint density at radius 2 is 1.50 bits per heavy atom. The van der Waals surface area contributed by atoms with Gasteiger partial charge in [0.25, 0.3) is 5.91 Å². The molecule has 0 bridgehead atoms. The molecule has 1 saturated heterocycles. The highest BCUT2D eigenvalue weighted by Gasteiger charge is 2.30. The molecular weight excluding hydrogens is 376 g/mol. The molecule has 0 N–H and O–H groups in total. The summed E-state index contributed by atoms with van der Waals surface area (Å²) in [6.07, 6.45) is 0. The molecule has 1 aliphatic rings. The largest absolute Gasteiger partial charge is 0.497 e. The second-order valence-electron chi connectivity index (χ2n) is 7.15. The van der Waals surface area contributed by atoms with E-state index >= 15 is 0 Å². The molecule has 1 fully saturated rings. The number of hydrogen-bond donors (Lipinski definition) is 0. The number of hydrogen-bond acceptors (Lipinski definition) is 4. The number of carbonyl (C=O) groups is 1. The zero-order valence-electron chi connectivity index (χ0n) is 16.5. The predicted molar refractivity (Wildman–Crippen MR) is 108 cm³/mol. The maximum Gasteiger partial charge on any atom is 0.253 e. The molecule has 0 aliphatic carbocycles. The quantitative estimate of drug-likeness (QED) is 0.771. The molecule has 1 heterocycles. The summed E-state index contributed by atoms with van der Waals surface area (Å²) in [5.41, 5.74) is 1.68. The fraction of sp³-hybridized carbons (Fsp3) is 0.381. The fourth-order valence-electron chi connectivity index (χ4n) is 3.22. The van der Waals surface area contributed by atoms with E-state index in [4.69, 9.17) is 4.74 Å². The van der Waals surface area contributed by atoms with Gasteiger partial charge in [0, 0.05) is 31.7 Å². The summed E-state index contributed by atoms with van der Waals surface area (Å²) in [5, 5.41) is 0. The highest BCUT2D eigenvalue weighted by molar-refractivity contribution is 7.89. The third-order valence-corrected chi connectivity index (χ3v) is 6.96. The van der Waals surface area contributed by atoms with Crippen LogP contribution in [0, 0.1) is 0 Å². The maximum absolute atomic E-state index is 12.9. The van der Waals surface area contributed by atoms with Crippen LogP contribution in [0.4, 0.5) is 0 Å². The van der Waals surface area contributed by atoms with Crippen molar-refractivity contribution < 1.29 is 17.9 Å². The van der Waals surface area contributed by atoms with Crippen molar-refractivity contribution >= 4 is 15.9 Å². The Balaban J connectivity index is 1.65. The summed E-state index contributed by atoms with van der Waals surface area (Å²) >= 11 is 0. The molecule has 2 aromatic rings. The highest BCUT2D eigenvalue weighted by Crippen LogP contribution is 2.22. The minimum Gasteiger partial charge on any atom is -0.497 e. The lowest BCUT2D eigenvalue weighted by Gasteiger charge is -2.34. The highest BCUT2D eigenvalue weighted by atomic mass is 32.2. The van der Waals surface area contributed by atoms with E-state index in [1.54, 1.807) is 48.4 Å². The van der Waals surface area contributed by atoms with E-state index in [1.807, 2.05) is 12.1 Å². The molecule has 3 rings (SSSR count). The number of piperazine rings is 1. The summed E-state index contributed by atoms with van der Waals surface area (Å²) < 4.78 is 32.4. The molecule has 1 amide bonds. The lowest BCUT2D eigenvalue weighted by atomic mass is 10.0. The van der Waals surface area contributed by atoms with Crippen molar-refractivity contribution in [2.75, 3.05) is 33.3 Å². The van der Waals surface area contributed by atoms with Gasteiger partial charge in [-0.2, -0.15) is 4.31 Å². The van der Waals surface area contributed by atoms with Crippen LogP contribution >= 0.6 is 0 Å². The van der Waals surface area contributed by atoms with Crippen LogP contribution < -0.4 is 4.74 Å². The summed E-state index contributed by atoms with van der Waals surface area (Å²) in [6, 6.07) is 14.0. The average Bonchev–Trinajstić information content (AvgIpc) is 2.73. The van der Waals surface area contributed by atoms with Gasteiger partial charge in [0.05, 0.1) is 12.0 Å². The Kier molecular flexibility index (Phi) is 6.05. The number of benzene rings is 2. The molecule has 0 radical (unpaired) electrons. The van der Waals surface area contributed by atoms with E-state index in [9.17, 15) is 13.2 Å². The van der Waals surface area contributed by atoms with Crippen LogP contribution in [-0.4, -0.2) is 56.8 Å². The molecule has 28 heavy (non-hydrogen) atoms. The molecule has 2 aromatic carbocycles. The minimum absolute atomic E-state index is 0.0963. The van der Waals surface area contributed by atoms with Crippen molar-refractivity contribution in [2.24, 2.45) is 0 Å². The second kappa shape index (κ2) is 8.32. The SMILES string of the molecule is COc1ccc(C(=O)N2CCN(S(=O)(=O)c3ccc(C(C)C)cc3)CC2)cc1. The third-order valence-electron chi connectivity index (χ3n) is 5.05. The first-order valence-electron chi connectivity index (χ1n) is 9.36. The molecule has 7 heteroatoms. The minimum atomic E-state index is -3.55. The van der Waals surface area contributed by atoms with E-state index in [0.717, 1.165) is 5.56 Å². The van der Waals surface area contributed by atoms with Crippen LogP contribution in [0.25, 0.3) is 0 Å². The van der Waals surface area contributed by atoms with E-state index in [0.29, 0.717) is 35.2 Å². The monoisotopic (exact) mass is 402 g/mol. The Labute approximate surface area is 166 Å². The van der Waals surface area contributed by atoms with Crippen molar-refractivity contribution in [3.63, 3.8) is 0 Å².